The van der Waals surface area contributed by atoms with E-state index in [-0.39, 0.29) is 23.2 Å². The monoisotopic (exact) mass is 316 g/mol. The zero-order valence-corrected chi connectivity index (χ0v) is 13.4. The van der Waals surface area contributed by atoms with Crippen LogP contribution in [0.3, 0.4) is 0 Å². The zero-order valence-electron chi connectivity index (χ0n) is 12.6. The van der Waals surface area contributed by atoms with Crippen molar-refractivity contribution in [3.8, 4) is 0 Å². The van der Waals surface area contributed by atoms with Crippen molar-refractivity contribution in [3.05, 3.63) is 41.7 Å². The Hall–Kier alpha value is -1.88. The Balaban J connectivity index is 1.83. The molecule has 1 aromatic rings. The number of carbonyl (C=O) groups is 1. The maximum absolute atomic E-state index is 12.4. The summed E-state index contributed by atoms with van der Waals surface area (Å²) >= 11 is 5.37. The summed E-state index contributed by atoms with van der Waals surface area (Å²) in [5.74, 6) is 0.632. The largest absolute Gasteiger partial charge is 0.511 e. The van der Waals surface area contributed by atoms with Gasteiger partial charge < -0.3 is 15.3 Å². The van der Waals surface area contributed by atoms with E-state index in [1.165, 1.54) is 12.8 Å². The third kappa shape index (κ3) is 3.14. The quantitative estimate of drug-likeness (QED) is 0.838. The summed E-state index contributed by atoms with van der Waals surface area (Å²) in [5, 5.41) is 13.6. The molecule has 1 saturated carbocycles. The fourth-order valence-corrected chi connectivity index (χ4v) is 3.18. The lowest BCUT2D eigenvalue weighted by molar-refractivity contribution is -0.127. The van der Waals surface area contributed by atoms with Crippen LogP contribution in [0.4, 0.5) is 5.69 Å². The molecule has 4 nitrogen and oxygen atoms in total. The van der Waals surface area contributed by atoms with Gasteiger partial charge in [-0.25, -0.2) is 0 Å². The Morgan fingerprint density at radius 2 is 2.05 bits per heavy atom. The van der Waals surface area contributed by atoms with Gasteiger partial charge in [0.05, 0.1) is 0 Å². The number of para-hydroxylation sites is 1. The first-order valence-electron chi connectivity index (χ1n) is 7.61. The van der Waals surface area contributed by atoms with Crippen LogP contribution in [0.2, 0.25) is 0 Å². The number of aliphatic hydroxyl groups is 1. The predicted octanol–water partition coefficient (Wildman–Crippen LogP) is 3.13. The van der Waals surface area contributed by atoms with Gasteiger partial charge in [-0.1, -0.05) is 43.3 Å². The molecule has 3 rings (SSSR count). The number of thiocarbonyl (C=S) groups is 1. The number of carbonyl (C=O) groups excluding carboxylic acids is 1. The van der Waals surface area contributed by atoms with Crippen molar-refractivity contribution < 1.29 is 9.90 Å². The molecule has 1 aliphatic heterocycles. The average molecular weight is 316 g/mol. The summed E-state index contributed by atoms with van der Waals surface area (Å²) in [6.07, 6.45) is 3.38. The fraction of sp³-hybridized carbons (Fsp3) is 0.412. The third-order valence-corrected chi connectivity index (χ3v) is 4.58. The summed E-state index contributed by atoms with van der Waals surface area (Å²) in [5.41, 5.74) is 1.06. The first kappa shape index (κ1) is 15.0. The van der Waals surface area contributed by atoms with E-state index in [1.54, 1.807) is 11.9 Å². The zero-order chi connectivity index (χ0) is 15.7. The van der Waals surface area contributed by atoms with Crippen LogP contribution < -0.4 is 5.32 Å². The number of nitrogens with one attached hydrogen (secondary N) is 1. The number of likely N-dealkylation sites (N-methyl/N-ethyl adjacent to an activating group) is 1. The molecule has 22 heavy (non-hydrogen) atoms. The van der Waals surface area contributed by atoms with Gasteiger partial charge in [0.15, 0.2) is 0 Å². The highest BCUT2D eigenvalue weighted by atomic mass is 32.1. The molecule has 1 heterocycles. The Morgan fingerprint density at radius 1 is 1.36 bits per heavy atom. The molecule has 0 saturated heterocycles. The number of rotatable bonds is 4. The van der Waals surface area contributed by atoms with E-state index in [9.17, 15) is 9.90 Å². The van der Waals surface area contributed by atoms with Gasteiger partial charge in [-0.15, -0.1) is 0 Å². The lowest BCUT2D eigenvalue weighted by atomic mass is 9.92. The van der Waals surface area contributed by atoms with Crippen molar-refractivity contribution in [2.75, 3.05) is 18.9 Å². The second kappa shape index (κ2) is 6.08. The smallest absolute Gasteiger partial charge is 0.260 e. The molecule has 1 fully saturated rings. The average Bonchev–Trinajstić information content (AvgIpc) is 3.30. The van der Waals surface area contributed by atoms with E-state index in [2.05, 4.69) is 5.32 Å². The Labute approximate surface area is 135 Å². The molecule has 1 unspecified atom stereocenters. The van der Waals surface area contributed by atoms with E-state index in [0.29, 0.717) is 17.5 Å². The molecule has 2 N–H and O–H groups in total. The van der Waals surface area contributed by atoms with Crippen LogP contribution in [0.25, 0.3) is 0 Å². The van der Waals surface area contributed by atoms with E-state index < -0.39 is 0 Å². The molecule has 1 aromatic carbocycles. The van der Waals surface area contributed by atoms with Crippen LogP contribution in [0, 0.1) is 11.8 Å². The van der Waals surface area contributed by atoms with Crippen molar-refractivity contribution in [1.82, 2.24) is 4.90 Å². The first-order chi connectivity index (χ1) is 10.6. The molecular formula is C17H20N2O2S. The summed E-state index contributed by atoms with van der Waals surface area (Å²) in [6, 6.07) is 9.45. The number of nitrogens with zero attached hydrogens (tertiary/aromatic N) is 1. The summed E-state index contributed by atoms with van der Waals surface area (Å²) in [7, 11) is 1.76. The first-order valence-corrected chi connectivity index (χ1v) is 8.02. The predicted molar refractivity (Wildman–Crippen MR) is 90.8 cm³/mol. The topological polar surface area (TPSA) is 52.6 Å². The van der Waals surface area contributed by atoms with Crippen molar-refractivity contribution in [1.29, 1.82) is 0 Å². The lowest BCUT2D eigenvalue weighted by Crippen LogP contribution is -2.42. The second-order valence-electron chi connectivity index (χ2n) is 6.14. The summed E-state index contributed by atoms with van der Waals surface area (Å²) in [6.45, 7) is 0.568. The highest BCUT2D eigenvalue weighted by molar-refractivity contribution is 7.81. The SMILES string of the molecule is CN1CC(CC2CC2)C(O)=C(C(=S)Nc2ccccc2)C1=O. The number of amides is 1. The molecule has 0 spiro atoms. The fourth-order valence-electron chi connectivity index (χ4n) is 2.88. The van der Waals surface area contributed by atoms with Crippen LogP contribution in [-0.2, 0) is 4.79 Å². The van der Waals surface area contributed by atoms with Crippen LogP contribution >= 0.6 is 12.2 Å². The number of anilines is 1. The van der Waals surface area contributed by atoms with E-state index >= 15 is 0 Å². The van der Waals surface area contributed by atoms with Gasteiger partial charge in [0, 0.05) is 25.2 Å². The van der Waals surface area contributed by atoms with Crippen LogP contribution in [0.1, 0.15) is 19.3 Å². The minimum atomic E-state index is -0.210. The number of aliphatic hydroxyl groups excluding tert-OH is 1. The van der Waals surface area contributed by atoms with Crippen LogP contribution in [0.15, 0.2) is 41.7 Å². The number of benzene rings is 1. The summed E-state index contributed by atoms with van der Waals surface area (Å²) in [4.78, 5) is 14.3. The standard InChI is InChI=1S/C17H20N2O2S/c1-19-10-12(9-11-7-8-11)15(20)14(17(19)21)16(22)18-13-5-3-2-4-6-13/h2-6,11-12,20H,7-10H2,1H3,(H,18,22). The van der Waals surface area contributed by atoms with E-state index in [4.69, 9.17) is 12.2 Å². The third-order valence-electron chi connectivity index (χ3n) is 4.27. The summed E-state index contributed by atoms with van der Waals surface area (Å²) < 4.78 is 0. The van der Waals surface area contributed by atoms with Crippen molar-refractivity contribution in [2.45, 2.75) is 19.3 Å². The van der Waals surface area contributed by atoms with Gasteiger partial charge in [-0.05, 0) is 24.5 Å². The van der Waals surface area contributed by atoms with Gasteiger partial charge >= 0.3 is 0 Å². The van der Waals surface area contributed by atoms with Crippen molar-refractivity contribution in [2.24, 2.45) is 11.8 Å². The van der Waals surface area contributed by atoms with Crippen molar-refractivity contribution >= 4 is 28.8 Å². The Kier molecular flexibility index (Phi) is 4.16. The van der Waals surface area contributed by atoms with Gasteiger partial charge in [0.2, 0.25) is 0 Å². The molecule has 0 aromatic heterocycles. The normalized spacial score (nSPS) is 22.0. The van der Waals surface area contributed by atoms with Gasteiger partial charge in [-0.3, -0.25) is 4.79 Å². The van der Waals surface area contributed by atoms with E-state index in [1.807, 2.05) is 30.3 Å². The molecule has 5 heteroatoms. The minimum Gasteiger partial charge on any atom is -0.511 e. The Bertz CT molecular complexity index is 623. The van der Waals surface area contributed by atoms with Crippen LogP contribution in [0.5, 0.6) is 0 Å². The number of hydrogen-bond acceptors (Lipinski definition) is 3. The highest BCUT2D eigenvalue weighted by Gasteiger charge is 2.37. The second-order valence-corrected chi connectivity index (χ2v) is 6.55. The van der Waals surface area contributed by atoms with Gasteiger partial charge in [-0.2, -0.15) is 0 Å². The molecule has 1 aliphatic carbocycles. The highest BCUT2D eigenvalue weighted by Crippen LogP contribution is 2.39. The number of hydrogen-bond donors (Lipinski definition) is 2. The van der Waals surface area contributed by atoms with Crippen LogP contribution in [-0.4, -0.2) is 34.5 Å². The molecule has 0 bridgehead atoms. The molecule has 1 amide bonds. The molecule has 116 valence electrons. The lowest BCUT2D eigenvalue weighted by Gasteiger charge is -2.31. The maximum atomic E-state index is 12.4. The van der Waals surface area contributed by atoms with E-state index in [0.717, 1.165) is 12.1 Å². The molecule has 1 atom stereocenters. The van der Waals surface area contributed by atoms with Gasteiger partial charge in [0.1, 0.15) is 16.3 Å². The Morgan fingerprint density at radius 3 is 2.68 bits per heavy atom. The molecule has 2 aliphatic rings. The molecule has 0 radical (unpaired) electrons. The van der Waals surface area contributed by atoms with Gasteiger partial charge in [0.25, 0.3) is 5.91 Å². The minimum absolute atomic E-state index is 0.000670. The van der Waals surface area contributed by atoms with Crippen molar-refractivity contribution in [3.63, 3.8) is 0 Å². The maximum Gasteiger partial charge on any atom is 0.260 e. The molecular weight excluding hydrogens is 296 g/mol.